The van der Waals surface area contributed by atoms with E-state index in [0.29, 0.717) is 5.76 Å². The van der Waals surface area contributed by atoms with E-state index in [1.54, 1.807) is 0 Å². The third-order valence-corrected chi connectivity index (χ3v) is 2.77. The number of fused-ring (bicyclic) bond motifs is 3. The van der Waals surface area contributed by atoms with E-state index in [1.165, 1.54) is 0 Å². The molecule has 0 unspecified atom stereocenters. The topological polar surface area (TPSA) is 46.3 Å². The number of benzene rings is 1. The van der Waals surface area contributed by atoms with Gasteiger partial charge in [0.05, 0.1) is 5.52 Å². The van der Waals surface area contributed by atoms with E-state index >= 15 is 0 Å². The predicted octanol–water partition coefficient (Wildman–Crippen LogP) is 2.78. The Morgan fingerprint density at radius 1 is 1.25 bits per heavy atom. The summed E-state index contributed by atoms with van der Waals surface area (Å²) >= 11 is 0. The van der Waals surface area contributed by atoms with Crippen LogP contribution in [-0.4, -0.2) is 10.1 Å². The number of aromatic nitrogens is 1. The van der Waals surface area contributed by atoms with Crippen LogP contribution < -0.4 is 0 Å². The number of para-hydroxylation sites is 1. The minimum atomic E-state index is -0.0809. The number of nitrogens with zero attached hydrogens (tertiary/aromatic N) is 1. The summed E-state index contributed by atoms with van der Waals surface area (Å²) in [5.41, 5.74) is 2.66. The molecule has 3 nitrogen and oxygen atoms in total. The number of hydrogen-bond acceptors (Lipinski definition) is 3. The lowest BCUT2D eigenvalue weighted by molar-refractivity contribution is 0.251. The molecule has 0 bridgehead atoms. The molecule has 1 aromatic carbocycles. The highest BCUT2D eigenvalue weighted by Crippen LogP contribution is 2.28. The van der Waals surface area contributed by atoms with E-state index in [0.717, 1.165) is 27.6 Å². The molecule has 0 aliphatic carbocycles. The normalized spacial score (nSPS) is 11.4. The molecule has 0 amide bonds. The molecule has 3 rings (SSSR count). The van der Waals surface area contributed by atoms with Crippen molar-refractivity contribution in [3.05, 3.63) is 41.8 Å². The van der Waals surface area contributed by atoms with Gasteiger partial charge in [0.15, 0.2) is 0 Å². The van der Waals surface area contributed by atoms with Gasteiger partial charge < -0.3 is 9.52 Å². The molecule has 80 valence electrons. The molecule has 0 aliphatic rings. The van der Waals surface area contributed by atoms with Crippen molar-refractivity contribution >= 4 is 21.9 Å². The first-order valence-corrected chi connectivity index (χ1v) is 5.18. The summed E-state index contributed by atoms with van der Waals surface area (Å²) in [5.74, 6) is 0.580. The first kappa shape index (κ1) is 9.36. The standard InChI is InChI=1S/C13H11NO2/c1-8-11-6-9(7-15)16-13(11)10-4-2-3-5-12(10)14-8/h2-6,15H,7H2,1H3. The van der Waals surface area contributed by atoms with Crippen LogP contribution in [0.3, 0.4) is 0 Å². The second-order valence-corrected chi connectivity index (χ2v) is 3.83. The third kappa shape index (κ3) is 1.22. The average molecular weight is 213 g/mol. The van der Waals surface area contributed by atoms with Crippen LogP contribution in [0.5, 0.6) is 0 Å². The zero-order valence-corrected chi connectivity index (χ0v) is 8.90. The van der Waals surface area contributed by atoms with Gasteiger partial charge >= 0.3 is 0 Å². The maximum atomic E-state index is 9.09. The summed E-state index contributed by atoms with van der Waals surface area (Å²) in [6.07, 6.45) is 0. The first-order valence-electron chi connectivity index (χ1n) is 5.18. The third-order valence-electron chi connectivity index (χ3n) is 2.77. The van der Waals surface area contributed by atoms with Gasteiger partial charge in [-0.15, -0.1) is 0 Å². The number of aryl methyl sites for hydroxylation is 1. The minimum Gasteiger partial charge on any atom is -0.458 e. The van der Waals surface area contributed by atoms with Crippen molar-refractivity contribution in [1.82, 2.24) is 4.98 Å². The molecule has 16 heavy (non-hydrogen) atoms. The number of aliphatic hydroxyl groups is 1. The number of furan rings is 1. The fraction of sp³-hybridized carbons (Fsp3) is 0.154. The van der Waals surface area contributed by atoms with Crippen LogP contribution in [-0.2, 0) is 6.61 Å². The molecular weight excluding hydrogens is 202 g/mol. The van der Waals surface area contributed by atoms with Crippen LogP contribution in [0, 0.1) is 6.92 Å². The van der Waals surface area contributed by atoms with E-state index in [2.05, 4.69) is 4.98 Å². The molecule has 0 saturated carbocycles. The summed E-state index contributed by atoms with van der Waals surface area (Å²) in [6.45, 7) is 1.87. The van der Waals surface area contributed by atoms with Crippen LogP contribution in [0.4, 0.5) is 0 Å². The molecule has 0 saturated heterocycles. The quantitative estimate of drug-likeness (QED) is 0.676. The van der Waals surface area contributed by atoms with Gasteiger partial charge in [-0.3, -0.25) is 4.98 Å². The number of aliphatic hydroxyl groups excluding tert-OH is 1. The van der Waals surface area contributed by atoms with Crippen LogP contribution >= 0.6 is 0 Å². The van der Waals surface area contributed by atoms with Gasteiger partial charge in [-0.1, -0.05) is 12.1 Å². The Morgan fingerprint density at radius 3 is 2.88 bits per heavy atom. The lowest BCUT2D eigenvalue weighted by Gasteiger charge is -2.00. The summed E-state index contributed by atoms with van der Waals surface area (Å²) in [6, 6.07) is 9.71. The van der Waals surface area contributed by atoms with Crippen LogP contribution in [0.2, 0.25) is 0 Å². The summed E-state index contributed by atoms with van der Waals surface area (Å²) in [5, 5.41) is 11.1. The van der Waals surface area contributed by atoms with Crippen molar-refractivity contribution in [1.29, 1.82) is 0 Å². The van der Waals surface area contributed by atoms with Gasteiger partial charge in [0, 0.05) is 16.5 Å². The average Bonchev–Trinajstić information content (AvgIpc) is 2.74. The van der Waals surface area contributed by atoms with E-state index in [4.69, 9.17) is 9.52 Å². The Balaban J connectivity index is 2.52. The maximum Gasteiger partial charge on any atom is 0.145 e. The Hall–Kier alpha value is -1.87. The Labute approximate surface area is 92.3 Å². The lowest BCUT2D eigenvalue weighted by atomic mass is 10.1. The highest BCUT2D eigenvalue weighted by atomic mass is 16.4. The molecule has 1 N–H and O–H groups in total. The maximum absolute atomic E-state index is 9.09. The monoisotopic (exact) mass is 213 g/mol. The van der Waals surface area contributed by atoms with Crippen LogP contribution in [0.1, 0.15) is 11.5 Å². The largest absolute Gasteiger partial charge is 0.458 e. The number of hydrogen-bond donors (Lipinski definition) is 1. The molecular formula is C13H11NO2. The SMILES string of the molecule is Cc1nc2ccccc2c2oc(CO)cc12. The first-order chi connectivity index (χ1) is 7.79. The highest BCUT2D eigenvalue weighted by molar-refractivity contribution is 6.03. The second-order valence-electron chi connectivity index (χ2n) is 3.83. The molecule has 0 aliphatic heterocycles. The van der Waals surface area contributed by atoms with Gasteiger partial charge in [0.25, 0.3) is 0 Å². The van der Waals surface area contributed by atoms with E-state index < -0.39 is 0 Å². The van der Waals surface area contributed by atoms with E-state index in [-0.39, 0.29) is 6.61 Å². The van der Waals surface area contributed by atoms with E-state index in [1.807, 2.05) is 37.3 Å². The molecule has 0 radical (unpaired) electrons. The van der Waals surface area contributed by atoms with Crippen LogP contribution in [0.15, 0.2) is 34.7 Å². The molecule has 0 spiro atoms. The molecule has 3 aromatic rings. The lowest BCUT2D eigenvalue weighted by Crippen LogP contribution is -1.84. The summed E-state index contributed by atoms with van der Waals surface area (Å²) < 4.78 is 5.62. The van der Waals surface area contributed by atoms with Crippen molar-refractivity contribution in [2.45, 2.75) is 13.5 Å². The van der Waals surface area contributed by atoms with Gasteiger partial charge in [0.2, 0.25) is 0 Å². The highest BCUT2D eigenvalue weighted by Gasteiger charge is 2.10. The smallest absolute Gasteiger partial charge is 0.145 e. The Morgan fingerprint density at radius 2 is 2.06 bits per heavy atom. The molecule has 0 atom stereocenters. The zero-order chi connectivity index (χ0) is 11.1. The molecule has 2 aromatic heterocycles. The van der Waals surface area contributed by atoms with Gasteiger partial charge in [-0.2, -0.15) is 0 Å². The fourth-order valence-electron chi connectivity index (χ4n) is 1.99. The van der Waals surface area contributed by atoms with Crippen molar-refractivity contribution in [2.24, 2.45) is 0 Å². The van der Waals surface area contributed by atoms with Crippen molar-refractivity contribution < 1.29 is 9.52 Å². The van der Waals surface area contributed by atoms with Gasteiger partial charge in [-0.25, -0.2) is 0 Å². The zero-order valence-electron chi connectivity index (χ0n) is 8.90. The number of pyridine rings is 1. The van der Waals surface area contributed by atoms with Crippen molar-refractivity contribution in [3.63, 3.8) is 0 Å². The number of rotatable bonds is 1. The van der Waals surface area contributed by atoms with Crippen LogP contribution in [0.25, 0.3) is 21.9 Å². The van der Waals surface area contributed by atoms with E-state index in [9.17, 15) is 0 Å². The fourth-order valence-corrected chi connectivity index (χ4v) is 1.99. The second kappa shape index (κ2) is 3.32. The van der Waals surface area contributed by atoms with Crippen molar-refractivity contribution in [3.8, 4) is 0 Å². The minimum absolute atomic E-state index is 0.0809. The van der Waals surface area contributed by atoms with Crippen molar-refractivity contribution in [2.75, 3.05) is 0 Å². The predicted molar refractivity (Wildman–Crippen MR) is 62.2 cm³/mol. The molecule has 3 heteroatoms. The summed E-state index contributed by atoms with van der Waals surface area (Å²) in [4.78, 5) is 4.51. The Bertz CT molecular complexity index is 670. The Kier molecular flexibility index (Phi) is 1.94. The molecule has 2 heterocycles. The van der Waals surface area contributed by atoms with Gasteiger partial charge in [-0.05, 0) is 25.1 Å². The van der Waals surface area contributed by atoms with Gasteiger partial charge in [0.1, 0.15) is 18.0 Å². The molecule has 0 fully saturated rings. The summed E-state index contributed by atoms with van der Waals surface area (Å²) in [7, 11) is 0.